The number of methoxy groups -OCH3 is 1. The van der Waals surface area contributed by atoms with Crippen molar-refractivity contribution in [2.24, 2.45) is 5.73 Å². The van der Waals surface area contributed by atoms with E-state index in [1.54, 1.807) is 7.11 Å². The number of aromatic nitrogens is 3. The van der Waals surface area contributed by atoms with Gasteiger partial charge in [-0.05, 0) is 24.4 Å². The molecule has 158 valence electrons. The van der Waals surface area contributed by atoms with E-state index >= 15 is 0 Å². The van der Waals surface area contributed by atoms with Crippen LogP contribution in [0.3, 0.4) is 0 Å². The van der Waals surface area contributed by atoms with Crippen LogP contribution in [-0.2, 0) is 16.1 Å². The number of rotatable bonds is 10. The third-order valence-electron chi connectivity index (χ3n) is 4.36. The fourth-order valence-corrected chi connectivity index (χ4v) is 4.42. The summed E-state index contributed by atoms with van der Waals surface area (Å²) < 4.78 is 7.19. The quantitative estimate of drug-likeness (QED) is 0.464. The number of benzene rings is 1. The number of para-hydroxylation sites is 1. The Morgan fingerprint density at radius 3 is 2.77 bits per heavy atom. The SMILES string of the molecule is COc1ccccc1C(C)NC(=O)CSc1nnc(-c2cccs2)n1CCC(N)=O. The van der Waals surface area contributed by atoms with Crippen molar-refractivity contribution in [1.29, 1.82) is 0 Å². The number of carbonyl (C=O) groups excluding carboxylic acids is 2. The molecule has 0 aliphatic heterocycles. The van der Waals surface area contributed by atoms with Gasteiger partial charge in [0.1, 0.15) is 5.75 Å². The van der Waals surface area contributed by atoms with Crippen molar-refractivity contribution in [2.75, 3.05) is 12.9 Å². The second-order valence-corrected chi connectivity index (χ2v) is 8.36. The van der Waals surface area contributed by atoms with E-state index in [0.29, 0.717) is 17.5 Å². The molecule has 3 N–H and O–H groups in total. The maximum atomic E-state index is 12.5. The van der Waals surface area contributed by atoms with E-state index in [-0.39, 0.29) is 24.1 Å². The van der Waals surface area contributed by atoms with Gasteiger partial charge in [0.05, 0.1) is 23.8 Å². The van der Waals surface area contributed by atoms with E-state index in [1.165, 1.54) is 23.1 Å². The minimum Gasteiger partial charge on any atom is -0.496 e. The molecule has 0 saturated heterocycles. The van der Waals surface area contributed by atoms with Crippen molar-refractivity contribution in [3.8, 4) is 16.5 Å². The minimum atomic E-state index is -0.403. The van der Waals surface area contributed by atoms with Crippen molar-refractivity contribution in [3.63, 3.8) is 0 Å². The van der Waals surface area contributed by atoms with Crippen LogP contribution in [0.1, 0.15) is 24.9 Å². The van der Waals surface area contributed by atoms with Crippen LogP contribution >= 0.6 is 23.1 Å². The fraction of sp³-hybridized carbons (Fsp3) is 0.300. The molecule has 0 bridgehead atoms. The first-order chi connectivity index (χ1) is 14.5. The number of hydrogen-bond donors (Lipinski definition) is 2. The zero-order valence-corrected chi connectivity index (χ0v) is 18.3. The highest BCUT2D eigenvalue weighted by Crippen LogP contribution is 2.28. The van der Waals surface area contributed by atoms with Crippen LogP contribution < -0.4 is 15.8 Å². The van der Waals surface area contributed by atoms with Gasteiger partial charge in [-0.25, -0.2) is 0 Å². The van der Waals surface area contributed by atoms with Gasteiger partial charge in [0.2, 0.25) is 11.8 Å². The molecule has 2 aromatic heterocycles. The Morgan fingerprint density at radius 2 is 2.07 bits per heavy atom. The van der Waals surface area contributed by atoms with Gasteiger partial charge in [-0.3, -0.25) is 9.59 Å². The summed E-state index contributed by atoms with van der Waals surface area (Å²) in [5, 5.41) is 14.0. The van der Waals surface area contributed by atoms with Crippen LogP contribution in [0.4, 0.5) is 0 Å². The lowest BCUT2D eigenvalue weighted by Gasteiger charge is -2.17. The molecule has 0 aliphatic carbocycles. The van der Waals surface area contributed by atoms with Crippen LogP contribution in [0.2, 0.25) is 0 Å². The van der Waals surface area contributed by atoms with Gasteiger partial charge in [0.25, 0.3) is 0 Å². The molecule has 3 rings (SSSR count). The van der Waals surface area contributed by atoms with Crippen LogP contribution in [-0.4, -0.2) is 39.4 Å². The molecular weight excluding hydrogens is 422 g/mol. The van der Waals surface area contributed by atoms with Gasteiger partial charge in [-0.2, -0.15) is 0 Å². The van der Waals surface area contributed by atoms with Crippen LogP contribution in [0.15, 0.2) is 46.9 Å². The standard InChI is InChI=1S/C20H23N5O3S2/c1-13(14-6-3-4-7-15(14)28-2)22-18(27)12-30-20-24-23-19(16-8-5-11-29-16)25(20)10-9-17(21)26/h3-8,11,13H,9-10,12H2,1-2H3,(H2,21,26)(H,22,27). The largest absolute Gasteiger partial charge is 0.496 e. The summed E-state index contributed by atoms with van der Waals surface area (Å²) in [6, 6.07) is 11.2. The Labute approximate surface area is 182 Å². The second kappa shape index (κ2) is 10.3. The van der Waals surface area contributed by atoms with Crippen molar-refractivity contribution >= 4 is 34.9 Å². The summed E-state index contributed by atoms with van der Waals surface area (Å²) in [4.78, 5) is 24.7. The predicted molar refractivity (Wildman–Crippen MR) is 117 cm³/mol. The lowest BCUT2D eigenvalue weighted by molar-refractivity contribution is -0.119. The van der Waals surface area contributed by atoms with Crippen molar-refractivity contribution in [2.45, 2.75) is 31.1 Å². The van der Waals surface area contributed by atoms with Crippen LogP contribution in [0.25, 0.3) is 10.7 Å². The fourth-order valence-electron chi connectivity index (χ4n) is 2.92. The van der Waals surface area contributed by atoms with Gasteiger partial charge in [-0.15, -0.1) is 21.5 Å². The number of thiophene rings is 1. The third kappa shape index (κ3) is 5.39. The number of amides is 2. The van der Waals surface area contributed by atoms with Crippen molar-refractivity contribution in [1.82, 2.24) is 20.1 Å². The topological polar surface area (TPSA) is 112 Å². The Hall–Kier alpha value is -2.85. The van der Waals surface area contributed by atoms with Gasteiger partial charge in [0, 0.05) is 18.5 Å². The summed E-state index contributed by atoms with van der Waals surface area (Å²) in [6.07, 6.45) is 0.168. The number of nitrogens with one attached hydrogen (secondary N) is 1. The molecule has 1 aromatic carbocycles. The number of nitrogens with zero attached hydrogens (tertiary/aromatic N) is 3. The van der Waals surface area contributed by atoms with Gasteiger partial charge in [-0.1, -0.05) is 36.0 Å². The molecular formula is C20H23N5O3S2. The molecule has 0 aliphatic rings. The van der Waals surface area contributed by atoms with Crippen LogP contribution in [0, 0.1) is 0 Å². The number of hydrogen-bond acceptors (Lipinski definition) is 7. The molecule has 0 fully saturated rings. The zero-order valence-electron chi connectivity index (χ0n) is 16.7. The first-order valence-electron chi connectivity index (χ1n) is 9.30. The van der Waals surface area contributed by atoms with E-state index in [1.807, 2.05) is 53.3 Å². The minimum absolute atomic E-state index is 0.138. The zero-order chi connectivity index (χ0) is 21.5. The average molecular weight is 446 g/mol. The third-order valence-corrected chi connectivity index (χ3v) is 6.19. The van der Waals surface area contributed by atoms with E-state index in [9.17, 15) is 9.59 Å². The molecule has 3 aromatic rings. The second-order valence-electron chi connectivity index (χ2n) is 6.47. The highest BCUT2D eigenvalue weighted by atomic mass is 32.2. The Bertz CT molecular complexity index is 1000. The van der Waals surface area contributed by atoms with E-state index in [0.717, 1.165) is 16.2 Å². The predicted octanol–water partition coefficient (Wildman–Crippen LogP) is 2.86. The molecule has 1 unspecified atom stereocenters. The Kier molecular flexibility index (Phi) is 7.47. The number of carbonyl (C=O) groups is 2. The Balaban J connectivity index is 1.67. The first kappa shape index (κ1) is 21.8. The van der Waals surface area contributed by atoms with E-state index in [2.05, 4.69) is 15.5 Å². The number of primary amides is 1. The monoisotopic (exact) mass is 445 g/mol. The molecule has 0 saturated carbocycles. The molecule has 1 atom stereocenters. The van der Waals surface area contributed by atoms with Crippen LogP contribution in [0.5, 0.6) is 5.75 Å². The summed E-state index contributed by atoms with van der Waals surface area (Å²) in [6.45, 7) is 2.27. The first-order valence-corrected chi connectivity index (χ1v) is 11.2. The number of thioether (sulfide) groups is 1. The average Bonchev–Trinajstić information content (AvgIpc) is 3.40. The van der Waals surface area contributed by atoms with Gasteiger partial charge in [0.15, 0.2) is 11.0 Å². The highest BCUT2D eigenvalue weighted by Gasteiger charge is 2.18. The molecule has 0 radical (unpaired) electrons. The lowest BCUT2D eigenvalue weighted by Crippen LogP contribution is -2.28. The molecule has 8 nitrogen and oxygen atoms in total. The van der Waals surface area contributed by atoms with Crippen molar-refractivity contribution in [3.05, 3.63) is 47.3 Å². The van der Waals surface area contributed by atoms with E-state index in [4.69, 9.17) is 10.5 Å². The highest BCUT2D eigenvalue weighted by molar-refractivity contribution is 7.99. The normalized spacial score (nSPS) is 11.8. The van der Waals surface area contributed by atoms with Gasteiger partial charge < -0.3 is 20.4 Å². The van der Waals surface area contributed by atoms with Crippen molar-refractivity contribution < 1.29 is 14.3 Å². The maximum absolute atomic E-state index is 12.5. The number of ether oxygens (including phenoxy) is 1. The number of nitrogens with two attached hydrogens (primary N) is 1. The smallest absolute Gasteiger partial charge is 0.230 e. The lowest BCUT2D eigenvalue weighted by atomic mass is 10.1. The van der Waals surface area contributed by atoms with E-state index < -0.39 is 5.91 Å². The Morgan fingerprint density at radius 1 is 1.27 bits per heavy atom. The maximum Gasteiger partial charge on any atom is 0.230 e. The summed E-state index contributed by atoms with van der Waals surface area (Å²) >= 11 is 2.80. The molecule has 0 spiro atoms. The summed E-state index contributed by atoms with van der Waals surface area (Å²) in [7, 11) is 1.60. The molecule has 2 heterocycles. The molecule has 10 heteroatoms. The summed E-state index contributed by atoms with van der Waals surface area (Å²) in [5.41, 5.74) is 6.22. The molecule has 30 heavy (non-hydrogen) atoms. The van der Waals surface area contributed by atoms with Gasteiger partial charge >= 0.3 is 0 Å². The molecule has 2 amide bonds. The summed E-state index contributed by atoms with van der Waals surface area (Å²) in [5.74, 6) is 1.01.